The molecule has 8 nitrogen and oxygen atoms in total. The molecule has 3 heterocycles. The number of hydrogen-bond donors (Lipinski definition) is 3. The Labute approximate surface area is 206 Å². The number of nitrogens with one attached hydrogen (secondary N) is 2. The van der Waals surface area contributed by atoms with E-state index < -0.39 is 0 Å². The van der Waals surface area contributed by atoms with E-state index in [-0.39, 0.29) is 12.1 Å². The van der Waals surface area contributed by atoms with Gasteiger partial charge in [0.2, 0.25) is 5.95 Å². The van der Waals surface area contributed by atoms with Crippen LogP contribution in [0.3, 0.4) is 0 Å². The van der Waals surface area contributed by atoms with Gasteiger partial charge in [0.25, 0.3) is 0 Å². The molecule has 1 saturated carbocycles. The number of hydrogen-bond acceptors (Lipinski definition) is 7. The Balaban J connectivity index is 1.38. The van der Waals surface area contributed by atoms with Crippen molar-refractivity contribution in [1.82, 2.24) is 19.9 Å². The number of likely N-dealkylation sites (tertiary alicyclic amines) is 1. The van der Waals surface area contributed by atoms with Crippen molar-refractivity contribution in [2.24, 2.45) is 0 Å². The maximum atomic E-state index is 9.90. The molecule has 3 aromatic rings. The van der Waals surface area contributed by atoms with E-state index in [1.54, 1.807) is 12.1 Å². The second-order valence-corrected chi connectivity index (χ2v) is 9.42. The van der Waals surface area contributed by atoms with Crippen LogP contribution in [-0.2, 0) is 6.54 Å². The van der Waals surface area contributed by atoms with Crippen LogP contribution in [0.5, 0.6) is 0 Å². The lowest BCUT2D eigenvalue weighted by Gasteiger charge is -2.27. The minimum Gasteiger partial charge on any atom is -0.393 e. The van der Waals surface area contributed by atoms with Crippen LogP contribution in [0.25, 0.3) is 16.1 Å². The molecule has 8 heteroatoms. The highest BCUT2D eigenvalue weighted by Gasteiger charge is 2.22. The fraction of sp³-hybridized carbons (Fsp3) is 0.407. The lowest BCUT2D eigenvalue weighted by molar-refractivity contribution is 0.126. The molecule has 2 fully saturated rings. The fourth-order valence-corrected chi connectivity index (χ4v) is 4.78. The van der Waals surface area contributed by atoms with E-state index >= 15 is 0 Å². The van der Waals surface area contributed by atoms with Gasteiger partial charge in [-0.05, 0) is 75.4 Å². The Morgan fingerprint density at radius 2 is 1.74 bits per heavy atom. The summed E-state index contributed by atoms with van der Waals surface area (Å²) in [6.07, 6.45) is 9.49. The lowest BCUT2D eigenvalue weighted by atomic mass is 9.93. The smallest absolute Gasteiger partial charge is 0.229 e. The van der Waals surface area contributed by atoms with Crippen LogP contribution < -0.4 is 10.6 Å². The summed E-state index contributed by atoms with van der Waals surface area (Å²) in [5.41, 5.74) is 4.32. The highest BCUT2D eigenvalue weighted by Crippen LogP contribution is 2.30. The van der Waals surface area contributed by atoms with Crippen molar-refractivity contribution in [2.75, 3.05) is 23.7 Å². The van der Waals surface area contributed by atoms with Crippen molar-refractivity contribution in [2.45, 2.75) is 57.2 Å². The SMILES string of the molecule is [C-]#[N+]c1ccc(Nc2ncc(-c3ccc(CN4CCCC4)cn3)c(NC3CCC(O)CC3)n2)cc1. The summed E-state index contributed by atoms with van der Waals surface area (Å²) in [6.45, 7) is 10.4. The number of aromatic nitrogens is 3. The van der Waals surface area contributed by atoms with E-state index in [1.807, 2.05) is 24.5 Å². The van der Waals surface area contributed by atoms with Gasteiger partial charge in [0.05, 0.1) is 23.9 Å². The van der Waals surface area contributed by atoms with Crippen molar-refractivity contribution in [1.29, 1.82) is 0 Å². The minimum absolute atomic E-state index is 0.210. The Hall–Kier alpha value is -3.54. The van der Waals surface area contributed by atoms with Crippen LogP contribution in [-0.4, -0.2) is 50.2 Å². The highest BCUT2D eigenvalue weighted by atomic mass is 16.3. The summed E-state index contributed by atoms with van der Waals surface area (Å²) < 4.78 is 0. The van der Waals surface area contributed by atoms with Gasteiger partial charge in [-0.3, -0.25) is 9.88 Å². The van der Waals surface area contributed by atoms with Gasteiger partial charge in [-0.1, -0.05) is 18.2 Å². The minimum atomic E-state index is -0.210. The third kappa shape index (κ3) is 5.94. The second-order valence-electron chi connectivity index (χ2n) is 9.42. The molecule has 0 spiro atoms. The number of aliphatic hydroxyl groups is 1. The molecule has 1 aromatic carbocycles. The van der Waals surface area contributed by atoms with Crippen molar-refractivity contribution < 1.29 is 5.11 Å². The zero-order valence-corrected chi connectivity index (χ0v) is 19.8. The summed E-state index contributed by atoms with van der Waals surface area (Å²) in [7, 11) is 0. The number of anilines is 3. The molecule has 1 saturated heterocycles. The lowest BCUT2D eigenvalue weighted by Crippen LogP contribution is -2.29. The predicted molar refractivity (Wildman–Crippen MR) is 138 cm³/mol. The van der Waals surface area contributed by atoms with Crippen molar-refractivity contribution in [3.05, 3.63) is 65.8 Å². The van der Waals surface area contributed by atoms with E-state index in [1.165, 1.54) is 18.4 Å². The first kappa shape index (κ1) is 23.2. The Morgan fingerprint density at radius 1 is 0.971 bits per heavy atom. The predicted octanol–water partition coefficient (Wildman–Crippen LogP) is 5.14. The highest BCUT2D eigenvalue weighted by molar-refractivity contribution is 5.73. The fourth-order valence-electron chi connectivity index (χ4n) is 4.78. The number of benzene rings is 1. The standard InChI is InChI=1S/C27H31N7O/c1-28-20-5-7-22(8-6-20)32-27-30-17-24(26(33-27)31-21-9-11-23(35)12-10-21)25-13-4-19(16-29-25)18-34-14-2-3-15-34/h4-8,13,16-17,21,23,35H,2-3,9-12,14-15,18H2,(H2,30,31,32,33). The van der Waals surface area contributed by atoms with Gasteiger partial charge in [-0.25, -0.2) is 9.83 Å². The molecule has 0 radical (unpaired) electrons. The second kappa shape index (κ2) is 10.8. The van der Waals surface area contributed by atoms with Gasteiger partial charge >= 0.3 is 0 Å². The van der Waals surface area contributed by atoms with Gasteiger partial charge in [0, 0.05) is 30.7 Å². The number of pyridine rings is 1. The molecule has 0 atom stereocenters. The Bertz CT molecular complexity index is 1160. The molecule has 180 valence electrons. The Morgan fingerprint density at radius 3 is 2.43 bits per heavy atom. The summed E-state index contributed by atoms with van der Waals surface area (Å²) in [4.78, 5) is 20.0. The van der Waals surface area contributed by atoms with E-state index in [0.717, 1.165) is 68.1 Å². The molecule has 0 unspecified atom stereocenters. The van der Waals surface area contributed by atoms with Crippen molar-refractivity contribution >= 4 is 23.1 Å². The monoisotopic (exact) mass is 469 g/mol. The molecule has 1 aliphatic heterocycles. The van der Waals surface area contributed by atoms with E-state index in [9.17, 15) is 5.11 Å². The molecule has 2 aliphatic rings. The van der Waals surface area contributed by atoms with Crippen LogP contribution in [0, 0.1) is 6.57 Å². The van der Waals surface area contributed by atoms with Crippen LogP contribution in [0.4, 0.5) is 23.1 Å². The van der Waals surface area contributed by atoms with Gasteiger partial charge < -0.3 is 15.7 Å². The molecular weight excluding hydrogens is 438 g/mol. The van der Waals surface area contributed by atoms with E-state index in [2.05, 4.69) is 37.5 Å². The number of rotatable bonds is 7. The van der Waals surface area contributed by atoms with Crippen LogP contribution in [0.1, 0.15) is 44.1 Å². The third-order valence-corrected chi connectivity index (χ3v) is 6.78. The number of nitrogens with zero attached hydrogens (tertiary/aromatic N) is 5. The summed E-state index contributed by atoms with van der Waals surface area (Å²) in [5.74, 6) is 1.22. The first-order valence-corrected chi connectivity index (χ1v) is 12.4. The molecule has 5 rings (SSSR count). The first-order valence-electron chi connectivity index (χ1n) is 12.4. The quantitative estimate of drug-likeness (QED) is 0.413. The molecule has 3 N–H and O–H groups in total. The molecule has 0 amide bonds. The van der Waals surface area contributed by atoms with Crippen molar-refractivity contribution in [3.8, 4) is 11.3 Å². The Kier molecular flexibility index (Phi) is 7.17. The normalized spacial score (nSPS) is 20.3. The summed E-state index contributed by atoms with van der Waals surface area (Å²) >= 11 is 0. The van der Waals surface area contributed by atoms with Crippen LogP contribution in [0.15, 0.2) is 48.8 Å². The average Bonchev–Trinajstić information content (AvgIpc) is 3.40. The van der Waals surface area contributed by atoms with E-state index in [0.29, 0.717) is 11.6 Å². The molecular formula is C27H31N7O. The molecule has 2 aromatic heterocycles. The van der Waals surface area contributed by atoms with Gasteiger partial charge in [-0.15, -0.1) is 0 Å². The van der Waals surface area contributed by atoms with Gasteiger partial charge in [0.15, 0.2) is 5.69 Å². The topological polar surface area (TPSA) is 90.6 Å². The maximum absolute atomic E-state index is 9.90. The number of aliphatic hydroxyl groups excluding tert-OH is 1. The zero-order valence-electron chi connectivity index (χ0n) is 19.8. The largest absolute Gasteiger partial charge is 0.393 e. The molecule has 35 heavy (non-hydrogen) atoms. The third-order valence-electron chi connectivity index (χ3n) is 6.78. The average molecular weight is 470 g/mol. The van der Waals surface area contributed by atoms with Gasteiger partial charge in [0.1, 0.15) is 5.82 Å². The zero-order chi connectivity index (χ0) is 24.0. The van der Waals surface area contributed by atoms with Crippen LogP contribution >= 0.6 is 0 Å². The molecule has 1 aliphatic carbocycles. The summed E-state index contributed by atoms with van der Waals surface area (Å²) in [5, 5.41) is 16.7. The first-order chi connectivity index (χ1) is 17.2. The van der Waals surface area contributed by atoms with Crippen LogP contribution in [0.2, 0.25) is 0 Å². The van der Waals surface area contributed by atoms with Gasteiger partial charge in [-0.2, -0.15) is 4.98 Å². The van der Waals surface area contributed by atoms with E-state index in [4.69, 9.17) is 16.5 Å². The summed E-state index contributed by atoms with van der Waals surface area (Å²) in [6, 6.07) is 11.7. The maximum Gasteiger partial charge on any atom is 0.229 e. The molecule has 0 bridgehead atoms. The van der Waals surface area contributed by atoms with Crippen molar-refractivity contribution in [3.63, 3.8) is 0 Å².